The van der Waals surface area contributed by atoms with Gasteiger partial charge in [0.2, 0.25) is 5.95 Å². The zero-order valence-corrected chi connectivity index (χ0v) is 10.1. The highest BCUT2D eigenvalue weighted by Crippen LogP contribution is 2.22. The molecule has 0 saturated carbocycles. The second-order valence-electron chi connectivity index (χ2n) is 4.18. The van der Waals surface area contributed by atoms with E-state index in [-0.39, 0.29) is 0 Å². The molecule has 0 saturated heterocycles. The fourth-order valence-corrected chi connectivity index (χ4v) is 2.10. The molecule has 1 aromatic carbocycles. The Labute approximate surface area is 95.1 Å². The lowest BCUT2D eigenvalue weighted by atomic mass is 10.1. The SMILES string of the molecule is Cc1cc(C)c(-n2nc(C)nc2N)c(C)c1. The summed E-state index contributed by atoms with van der Waals surface area (Å²) in [5, 5.41) is 4.31. The molecule has 1 aromatic heterocycles. The summed E-state index contributed by atoms with van der Waals surface area (Å²) in [7, 11) is 0. The highest BCUT2D eigenvalue weighted by molar-refractivity contribution is 5.51. The van der Waals surface area contributed by atoms with Crippen LogP contribution in [0.1, 0.15) is 22.5 Å². The van der Waals surface area contributed by atoms with E-state index in [0.717, 1.165) is 16.8 Å². The molecule has 0 bridgehead atoms. The van der Waals surface area contributed by atoms with Crippen LogP contribution < -0.4 is 5.73 Å². The van der Waals surface area contributed by atoms with Gasteiger partial charge in [0.1, 0.15) is 5.82 Å². The third-order valence-corrected chi connectivity index (χ3v) is 2.59. The molecule has 0 aliphatic rings. The molecular formula is C12H16N4. The largest absolute Gasteiger partial charge is 0.368 e. The summed E-state index contributed by atoms with van der Waals surface area (Å²) in [5.74, 6) is 1.13. The quantitative estimate of drug-likeness (QED) is 0.794. The van der Waals surface area contributed by atoms with Gasteiger partial charge in [-0.2, -0.15) is 9.67 Å². The summed E-state index contributed by atoms with van der Waals surface area (Å²) in [6.07, 6.45) is 0. The maximum atomic E-state index is 5.84. The summed E-state index contributed by atoms with van der Waals surface area (Å²) in [4.78, 5) is 4.12. The monoisotopic (exact) mass is 216 g/mol. The van der Waals surface area contributed by atoms with Gasteiger partial charge >= 0.3 is 0 Å². The molecule has 1 heterocycles. The lowest BCUT2D eigenvalue weighted by molar-refractivity contribution is 0.857. The van der Waals surface area contributed by atoms with Crippen LogP contribution in [0, 0.1) is 27.7 Å². The number of anilines is 1. The van der Waals surface area contributed by atoms with Crippen molar-refractivity contribution in [3.05, 3.63) is 34.6 Å². The van der Waals surface area contributed by atoms with Crippen LogP contribution in [-0.4, -0.2) is 14.8 Å². The van der Waals surface area contributed by atoms with Crippen molar-refractivity contribution in [2.24, 2.45) is 0 Å². The molecule has 2 N–H and O–H groups in total. The molecule has 0 unspecified atom stereocenters. The van der Waals surface area contributed by atoms with E-state index in [1.807, 2.05) is 6.92 Å². The Balaban J connectivity index is 2.69. The first-order valence-electron chi connectivity index (χ1n) is 5.26. The lowest BCUT2D eigenvalue weighted by Crippen LogP contribution is -2.06. The summed E-state index contributed by atoms with van der Waals surface area (Å²) in [6.45, 7) is 8.04. The van der Waals surface area contributed by atoms with Crippen molar-refractivity contribution in [1.82, 2.24) is 14.8 Å². The minimum atomic E-state index is 0.438. The predicted molar refractivity (Wildman–Crippen MR) is 64.7 cm³/mol. The molecule has 84 valence electrons. The van der Waals surface area contributed by atoms with E-state index in [2.05, 4.69) is 43.0 Å². The number of benzene rings is 1. The van der Waals surface area contributed by atoms with Crippen LogP contribution in [0.4, 0.5) is 5.95 Å². The maximum Gasteiger partial charge on any atom is 0.223 e. The molecular weight excluding hydrogens is 200 g/mol. The summed E-state index contributed by atoms with van der Waals surface area (Å²) in [5.41, 5.74) is 10.4. The Kier molecular flexibility index (Phi) is 2.42. The molecule has 4 heteroatoms. The van der Waals surface area contributed by atoms with Crippen LogP contribution in [0.15, 0.2) is 12.1 Å². The van der Waals surface area contributed by atoms with E-state index >= 15 is 0 Å². The van der Waals surface area contributed by atoms with Crippen molar-refractivity contribution in [3.8, 4) is 5.69 Å². The molecule has 0 spiro atoms. The minimum Gasteiger partial charge on any atom is -0.368 e. The van der Waals surface area contributed by atoms with Crippen LogP contribution in [0.5, 0.6) is 0 Å². The van der Waals surface area contributed by atoms with E-state index in [1.54, 1.807) is 4.68 Å². The van der Waals surface area contributed by atoms with Gasteiger partial charge in [0.25, 0.3) is 0 Å². The van der Waals surface area contributed by atoms with Gasteiger partial charge in [-0.25, -0.2) is 0 Å². The third kappa shape index (κ3) is 1.66. The number of nitrogens with zero attached hydrogens (tertiary/aromatic N) is 3. The average molecular weight is 216 g/mol. The minimum absolute atomic E-state index is 0.438. The molecule has 0 aliphatic carbocycles. The molecule has 16 heavy (non-hydrogen) atoms. The van der Waals surface area contributed by atoms with Gasteiger partial charge in [0.05, 0.1) is 5.69 Å². The van der Waals surface area contributed by atoms with Crippen molar-refractivity contribution in [1.29, 1.82) is 0 Å². The zero-order valence-electron chi connectivity index (χ0n) is 10.1. The van der Waals surface area contributed by atoms with Crippen LogP contribution >= 0.6 is 0 Å². The van der Waals surface area contributed by atoms with E-state index in [1.165, 1.54) is 5.56 Å². The zero-order chi connectivity index (χ0) is 11.9. The fraction of sp³-hybridized carbons (Fsp3) is 0.333. The Bertz CT molecular complexity index is 517. The van der Waals surface area contributed by atoms with Crippen LogP contribution in [0.25, 0.3) is 5.69 Å². The molecule has 0 aliphatic heterocycles. The van der Waals surface area contributed by atoms with Crippen LogP contribution in [-0.2, 0) is 0 Å². The second-order valence-corrected chi connectivity index (χ2v) is 4.18. The van der Waals surface area contributed by atoms with Crippen LogP contribution in [0.2, 0.25) is 0 Å². The molecule has 2 aromatic rings. The number of aromatic nitrogens is 3. The Morgan fingerprint density at radius 3 is 2.06 bits per heavy atom. The van der Waals surface area contributed by atoms with Crippen molar-refractivity contribution in [2.75, 3.05) is 5.73 Å². The molecule has 0 atom stereocenters. The number of nitrogens with two attached hydrogens (primary N) is 1. The van der Waals surface area contributed by atoms with Gasteiger partial charge in [-0.1, -0.05) is 17.7 Å². The van der Waals surface area contributed by atoms with E-state index in [9.17, 15) is 0 Å². The predicted octanol–water partition coefficient (Wildman–Crippen LogP) is 2.08. The van der Waals surface area contributed by atoms with Gasteiger partial charge in [-0.3, -0.25) is 0 Å². The molecule has 2 rings (SSSR count). The smallest absolute Gasteiger partial charge is 0.223 e. The van der Waals surface area contributed by atoms with Crippen molar-refractivity contribution < 1.29 is 0 Å². The first kappa shape index (κ1) is 10.7. The van der Waals surface area contributed by atoms with Gasteiger partial charge in [-0.05, 0) is 38.8 Å². The maximum absolute atomic E-state index is 5.84. The summed E-state index contributed by atoms with van der Waals surface area (Å²) in [6, 6.07) is 4.25. The molecule has 0 amide bonds. The number of hydrogen-bond donors (Lipinski definition) is 1. The average Bonchev–Trinajstić information content (AvgIpc) is 2.43. The second kappa shape index (κ2) is 3.63. The first-order valence-corrected chi connectivity index (χ1v) is 5.26. The highest BCUT2D eigenvalue weighted by Gasteiger charge is 2.11. The number of nitrogen functional groups attached to an aromatic ring is 1. The molecule has 4 nitrogen and oxygen atoms in total. The number of hydrogen-bond acceptors (Lipinski definition) is 3. The molecule has 0 fully saturated rings. The summed E-state index contributed by atoms with van der Waals surface area (Å²) < 4.78 is 1.71. The third-order valence-electron chi connectivity index (χ3n) is 2.59. The van der Waals surface area contributed by atoms with E-state index < -0.39 is 0 Å². The van der Waals surface area contributed by atoms with Gasteiger partial charge < -0.3 is 5.73 Å². The first-order chi connectivity index (χ1) is 7.49. The van der Waals surface area contributed by atoms with Gasteiger partial charge in [-0.15, -0.1) is 5.10 Å². The lowest BCUT2D eigenvalue weighted by Gasteiger charge is -2.11. The number of rotatable bonds is 1. The van der Waals surface area contributed by atoms with Crippen molar-refractivity contribution in [3.63, 3.8) is 0 Å². The van der Waals surface area contributed by atoms with E-state index in [4.69, 9.17) is 5.73 Å². The molecule has 0 radical (unpaired) electrons. The normalized spacial score (nSPS) is 10.8. The van der Waals surface area contributed by atoms with Crippen LogP contribution in [0.3, 0.4) is 0 Å². The standard InChI is InChI=1S/C12H16N4/c1-7-5-8(2)11(9(3)6-7)16-12(13)14-10(4)15-16/h5-6H,1-4H3,(H2,13,14,15). The topological polar surface area (TPSA) is 56.7 Å². The Morgan fingerprint density at radius 2 is 1.62 bits per heavy atom. The highest BCUT2D eigenvalue weighted by atomic mass is 15.4. The van der Waals surface area contributed by atoms with E-state index in [0.29, 0.717) is 11.8 Å². The number of aryl methyl sites for hydroxylation is 4. The van der Waals surface area contributed by atoms with Crippen molar-refractivity contribution >= 4 is 5.95 Å². The van der Waals surface area contributed by atoms with Crippen molar-refractivity contribution in [2.45, 2.75) is 27.7 Å². The fourth-order valence-electron chi connectivity index (χ4n) is 2.10. The Hall–Kier alpha value is -1.84. The summed E-state index contributed by atoms with van der Waals surface area (Å²) >= 11 is 0. The Morgan fingerprint density at radius 1 is 1.06 bits per heavy atom. The van der Waals surface area contributed by atoms with Gasteiger partial charge in [0.15, 0.2) is 0 Å². The van der Waals surface area contributed by atoms with Gasteiger partial charge in [0, 0.05) is 0 Å².